The molecule has 12 heteroatoms. The van der Waals surface area contributed by atoms with Gasteiger partial charge in [-0.25, -0.2) is 4.79 Å². The predicted octanol–water partition coefficient (Wildman–Crippen LogP) is 1.30. The molecule has 3 rings (SSSR count). The van der Waals surface area contributed by atoms with Crippen molar-refractivity contribution >= 4 is 46.4 Å². The van der Waals surface area contributed by atoms with Crippen LogP contribution in [0.5, 0.6) is 5.75 Å². The Morgan fingerprint density at radius 2 is 1.52 bits per heavy atom. The largest absolute Gasteiger partial charge is 0.508 e. The predicted molar refractivity (Wildman–Crippen MR) is 154 cm³/mol. The average molecular weight is 570 g/mol. The molecule has 4 atom stereocenters. The topological polar surface area (TPSA) is 187 Å². The first kappa shape index (κ1) is 30.5. The molecule has 0 saturated carbocycles. The van der Waals surface area contributed by atoms with Crippen LogP contribution in [0.3, 0.4) is 0 Å². The second kappa shape index (κ2) is 14.4. The van der Waals surface area contributed by atoms with Gasteiger partial charge in [0.05, 0.1) is 6.04 Å². The number of rotatable bonds is 14. The number of carboxylic acids is 1. The van der Waals surface area contributed by atoms with E-state index in [1.807, 2.05) is 30.5 Å². The fourth-order valence-electron chi connectivity index (χ4n) is 4.15. The van der Waals surface area contributed by atoms with Crippen molar-refractivity contribution in [3.05, 3.63) is 65.9 Å². The molecule has 40 heavy (non-hydrogen) atoms. The Morgan fingerprint density at radius 3 is 2.17 bits per heavy atom. The number of nitrogens with one attached hydrogen (secondary N) is 4. The van der Waals surface area contributed by atoms with E-state index in [2.05, 4.69) is 20.9 Å². The lowest BCUT2D eigenvalue weighted by Gasteiger charge is -2.25. The van der Waals surface area contributed by atoms with Crippen LogP contribution < -0.4 is 21.7 Å². The molecule has 214 valence electrons. The van der Waals surface area contributed by atoms with Crippen LogP contribution in [0.1, 0.15) is 24.5 Å². The summed E-state index contributed by atoms with van der Waals surface area (Å²) in [7, 11) is 0. The summed E-state index contributed by atoms with van der Waals surface area (Å²) < 4.78 is 0. The number of phenols is 1. The van der Waals surface area contributed by atoms with E-state index in [0.29, 0.717) is 11.3 Å². The smallest absolute Gasteiger partial charge is 0.326 e. The van der Waals surface area contributed by atoms with Crippen molar-refractivity contribution in [3.63, 3.8) is 0 Å². The van der Waals surface area contributed by atoms with Gasteiger partial charge in [0.15, 0.2) is 0 Å². The molecule has 1 aromatic heterocycles. The molecule has 0 aliphatic rings. The third-order valence-electron chi connectivity index (χ3n) is 6.38. The van der Waals surface area contributed by atoms with Gasteiger partial charge in [0.2, 0.25) is 17.7 Å². The molecule has 1 heterocycles. The Kier molecular flexibility index (Phi) is 11.0. The highest BCUT2D eigenvalue weighted by Crippen LogP contribution is 2.19. The van der Waals surface area contributed by atoms with Gasteiger partial charge in [0.1, 0.15) is 23.9 Å². The number of carbonyl (C=O) groups is 4. The second-order valence-corrected chi connectivity index (χ2v) is 10.5. The van der Waals surface area contributed by atoms with Gasteiger partial charge in [-0.3, -0.25) is 14.4 Å². The number of carboxylic acid groups (broad SMARTS) is 1. The molecule has 0 bridgehead atoms. The SMILES string of the molecule is CSCCC(NC(=O)C(Cc1c[nH]c2ccccc12)NC(=O)C(C)N)C(=O)NC(Cc1ccc(O)cc1)C(=O)O. The zero-order chi connectivity index (χ0) is 29.2. The Bertz CT molecular complexity index is 1330. The molecule has 0 radical (unpaired) electrons. The van der Waals surface area contributed by atoms with Crippen LogP contribution in [-0.4, -0.2) is 75.1 Å². The minimum Gasteiger partial charge on any atom is -0.508 e. The number of para-hydroxylation sites is 1. The second-order valence-electron chi connectivity index (χ2n) is 9.53. The quantitative estimate of drug-likeness (QED) is 0.151. The number of carbonyl (C=O) groups excluding carboxylic acids is 3. The van der Waals surface area contributed by atoms with Crippen LogP contribution in [0.25, 0.3) is 10.9 Å². The van der Waals surface area contributed by atoms with Crippen LogP contribution in [-0.2, 0) is 32.0 Å². The third-order valence-corrected chi connectivity index (χ3v) is 7.02. The molecule has 0 fully saturated rings. The van der Waals surface area contributed by atoms with Crippen molar-refractivity contribution in [1.82, 2.24) is 20.9 Å². The van der Waals surface area contributed by atoms with Gasteiger partial charge < -0.3 is 36.9 Å². The number of aromatic hydroxyl groups is 1. The molecule has 0 aliphatic heterocycles. The van der Waals surface area contributed by atoms with E-state index in [9.17, 15) is 29.4 Å². The van der Waals surface area contributed by atoms with Crippen molar-refractivity contribution in [3.8, 4) is 5.75 Å². The highest BCUT2D eigenvalue weighted by atomic mass is 32.2. The third kappa shape index (κ3) is 8.48. The van der Waals surface area contributed by atoms with Gasteiger partial charge in [-0.15, -0.1) is 0 Å². The molecule has 4 unspecified atom stereocenters. The average Bonchev–Trinajstić information content (AvgIpc) is 3.33. The fourth-order valence-corrected chi connectivity index (χ4v) is 4.62. The summed E-state index contributed by atoms with van der Waals surface area (Å²) in [6.45, 7) is 1.50. The first-order valence-electron chi connectivity index (χ1n) is 12.8. The molecule has 0 spiro atoms. The van der Waals surface area contributed by atoms with E-state index in [0.717, 1.165) is 16.5 Å². The van der Waals surface area contributed by atoms with Gasteiger partial charge in [-0.1, -0.05) is 30.3 Å². The van der Waals surface area contributed by atoms with E-state index in [-0.39, 0.29) is 25.0 Å². The summed E-state index contributed by atoms with van der Waals surface area (Å²) in [6.07, 6.45) is 3.99. The zero-order valence-corrected chi connectivity index (χ0v) is 23.2. The van der Waals surface area contributed by atoms with Crippen LogP contribution in [0.15, 0.2) is 54.7 Å². The summed E-state index contributed by atoms with van der Waals surface area (Å²) in [5.41, 5.74) is 8.01. The molecule has 8 N–H and O–H groups in total. The summed E-state index contributed by atoms with van der Waals surface area (Å²) in [5.74, 6) is -2.45. The number of nitrogens with two attached hydrogens (primary N) is 1. The molecular weight excluding hydrogens is 534 g/mol. The first-order valence-corrected chi connectivity index (χ1v) is 14.2. The standard InChI is InChI=1S/C28H35N5O6S/c1-16(29)25(35)32-23(14-18-15-30-21-6-4-3-5-20(18)21)27(37)31-22(11-12-40-2)26(36)33-24(28(38)39)13-17-7-9-19(34)10-8-17/h3-10,15-16,22-24,30,34H,11-14,29H2,1-2H3,(H,31,37)(H,32,35)(H,33,36)(H,38,39). The number of hydrogen-bond donors (Lipinski definition) is 7. The van der Waals surface area contributed by atoms with E-state index < -0.39 is 47.9 Å². The van der Waals surface area contributed by atoms with Crippen molar-refractivity contribution in [2.24, 2.45) is 5.73 Å². The Balaban J connectivity index is 1.78. The Hall–Kier alpha value is -4.03. The minimum absolute atomic E-state index is 0.0157. The molecule has 3 amide bonds. The lowest BCUT2D eigenvalue weighted by molar-refractivity contribution is -0.142. The molecule has 0 saturated heterocycles. The number of amides is 3. The minimum atomic E-state index is -1.26. The summed E-state index contributed by atoms with van der Waals surface area (Å²) in [5, 5.41) is 28.0. The number of aromatic amines is 1. The maximum absolute atomic E-state index is 13.5. The Labute approximate surface area is 236 Å². The first-order chi connectivity index (χ1) is 19.1. The van der Waals surface area contributed by atoms with Crippen LogP contribution in [0.4, 0.5) is 0 Å². The number of fused-ring (bicyclic) bond motifs is 1. The van der Waals surface area contributed by atoms with Crippen molar-refractivity contribution in [1.29, 1.82) is 0 Å². The molecule has 3 aromatic rings. The van der Waals surface area contributed by atoms with Crippen molar-refractivity contribution < 1.29 is 29.4 Å². The van der Waals surface area contributed by atoms with E-state index >= 15 is 0 Å². The summed E-state index contributed by atoms with van der Waals surface area (Å²) in [4.78, 5) is 54.3. The van der Waals surface area contributed by atoms with Crippen LogP contribution in [0.2, 0.25) is 0 Å². The summed E-state index contributed by atoms with van der Waals surface area (Å²) >= 11 is 1.47. The lowest BCUT2D eigenvalue weighted by atomic mass is 10.0. The van der Waals surface area contributed by atoms with Gasteiger partial charge in [-0.05, 0) is 54.7 Å². The molecule has 11 nitrogen and oxygen atoms in total. The number of aliphatic carboxylic acids is 1. The van der Waals surface area contributed by atoms with Crippen LogP contribution in [0, 0.1) is 0 Å². The maximum atomic E-state index is 13.5. The fraction of sp³-hybridized carbons (Fsp3) is 0.357. The van der Waals surface area contributed by atoms with E-state index in [4.69, 9.17) is 5.73 Å². The molecule has 2 aromatic carbocycles. The van der Waals surface area contributed by atoms with Crippen molar-refractivity contribution in [2.45, 2.75) is 50.4 Å². The van der Waals surface area contributed by atoms with Crippen molar-refractivity contribution in [2.75, 3.05) is 12.0 Å². The number of phenolic OH excluding ortho intramolecular Hbond substituents is 1. The number of thioether (sulfide) groups is 1. The molecule has 0 aliphatic carbocycles. The summed E-state index contributed by atoms with van der Waals surface area (Å²) in [6, 6.07) is 9.36. The van der Waals surface area contributed by atoms with E-state index in [1.165, 1.54) is 30.8 Å². The van der Waals surface area contributed by atoms with Gasteiger partial charge >= 0.3 is 5.97 Å². The number of benzene rings is 2. The van der Waals surface area contributed by atoms with Crippen LogP contribution >= 0.6 is 11.8 Å². The number of aromatic nitrogens is 1. The number of hydrogen-bond acceptors (Lipinski definition) is 7. The highest BCUT2D eigenvalue weighted by Gasteiger charge is 2.30. The maximum Gasteiger partial charge on any atom is 0.326 e. The molecular formula is C28H35N5O6S. The Morgan fingerprint density at radius 1 is 0.900 bits per heavy atom. The van der Waals surface area contributed by atoms with E-state index in [1.54, 1.807) is 18.3 Å². The zero-order valence-electron chi connectivity index (χ0n) is 22.3. The van der Waals surface area contributed by atoms with Gasteiger partial charge in [-0.2, -0.15) is 11.8 Å². The normalized spacial score (nSPS) is 14.1. The lowest BCUT2D eigenvalue weighted by Crippen LogP contribution is -2.57. The monoisotopic (exact) mass is 569 g/mol. The van der Waals surface area contributed by atoms with Gasteiger partial charge in [0, 0.05) is 29.9 Å². The van der Waals surface area contributed by atoms with Gasteiger partial charge in [0.25, 0.3) is 0 Å². The highest BCUT2D eigenvalue weighted by molar-refractivity contribution is 7.98. The number of H-pyrrole nitrogens is 1.